The zero-order chi connectivity index (χ0) is 53.1. The van der Waals surface area contributed by atoms with E-state index in [1.807, 2.05) is 47.6 Å². The Morgan fingerprint density at radius 2 is 1.44 bits per heavy atom. The van der Waals surface area contributed by atoms with Crippen LogP contribution in [0.1, 0.15) is 145 Å². The highest BCUT2D eigenvalue weighted by molar-refractivity contribution is 6.42. The lowest BCUT2D eigenvalue weighted by Crippen LogP contribution is -2.65. The maximum absolute atomic E-state index is 15.3. The van der Waals surface area contributed by atoms with Gasteiger partial charge >= 0.3 is 12.1 Å². The van der Waals surface area contributed by atoms with Crippen molar-refractivity contribution in [3.05, 3.63) is 33.8 Å². The van der Waals surface area contributed by atoms with Crippen molar-refractivity contribution >= 4 is 41.0 Å². The fraction of sp³-hybridized carbons (Fsp3) is 0.839. The predicted octanol–water partition coefficient (Wildman–Crippen LogP) is 8.94. The SMILES string of the molecule is CCC1OC(=O)C(C)C(OC2CC(C)(OC)C(O)C(C)O2)C(C)C(OC2OC(C)CC(N3C(C4CC4)CCCC3C3CC3)C2O)C(C)(OC)CC(C)C(=O)C(C)C2N(CCc3ccc(Cl)c(Cl)c3)C(=O)OC12C. The molecule has 0 spiro atoms. The van der Waals surface area contributed by atoms with Crippen LogP contribution in [-0.4, -0.2) is 155 Å². The number of hydrogen-bond donors (Lipinski definition) is 2. The highest BCUT2D eigenvalue weighted by Crippen LogP contribution is 2.50. The van der Waals surface area contributed by atoms with Crippen LogP contribution in [0.4, 0.5) is 4.79 Å². The topological polar surface area (TPSA) is 172 Å². The van der Waals surface area contributed by atoms with Crippen molar-refractivity contribution in [2.45, 2.75) is 243 Å². The van der Waals surface area contributed by atoms with Crippen LogP contribution in [0.25, 0.3) is 0 Å². The minimum Gasteiger partial charge on any atom is -0.458 e. The summed E-state index contributed by atoms with van der Waals surface area (Å²) in [5.41, 5.74) is -2.94. The summed E-state index contributed by atoms with van der Waals surface area (Å²) in [5, 5.41) is 24.9. The summed E-state index contributed by atoms with van der Waals surface area (Å²) >= 11 is 12.7. The number of ether oxygens (including phenoxy) is 8. The second kappa shape index (κ2) is 22.7. The number of rotatable bonds is 13. The number of piperidine rings is 1. The average Bonchev–Trinajstić information content (AvgIpc) is 4.31. The van der Waals surface area contributed by atoms with Gasteiger partial charge in [-0.25, -0.2) is 4.79 Å². The second-order valence-corrected chi connectivity index (χ2v) is 24.7. The minimum atomic E-state index is -1.46. The van der Waals surface area contributed by atoms with Crippen molar-refractivity contribution in [2.24, 2.45) is 35.5 Å². The Hall–Kier alpha value is -2.15. The van der Waals surface area contributed by atoms with Crippen molar-refractivity contribution in [1.82, 2.24) is 9.80 Å². The first kappa shape index (κ1) is 57.0. The smallest absolute Gasteiger partial charge is 0.410 e. The van der Waals surface area contributed by atoms with Gasteiger partial charge in [0, 0.05) is 63.1 Å². The predicted molar refractivity (Wildman–Crippen MR) is 275 cm³/mol. The van der Waals surface area contributed by atoms with Crippen LogP contribution in [0.5, 0.6) is 0 Å². The largest absolute Gasteiger partial charge is 0.458 e. The third-order valence-electron chi connectivity index (χ3n) is 18.6. The summed E-state index contributed by atoms with van der Waals surface area (Å²) in [6.45, 7) is 18.7. The number of carbonyl (C=O) groups excluding carboxylic acids is 3. The van der Waals surface area contributed by atoms with E-state index in [1.54, 1.807) is 51.8 Å². The van der Waals surface area contributed by atoms with Gasteiger partial charge in [-0.2, -0.15) is 0 Å². The Balaban J connectivity index is 1.19. The van der Waals surface area contributed by atoms with Gasteiger partial charge in [0.05, 0.1) is 57.6 Å². The number of halogens is 2. The Kier molecular flexibility index (Phi) is 17.7. The normalized spacial score (nSPS) is 44.6. The number of hydrogen-bond acceptors (Lipinski definition) is 14. The molecule has 7 aliphatic rings. The van der Waals surface area contributed by atoms with Crippen LogP contribution in [0.15, 0.2) is 18.2 Å². The average molecular weight is 1070 g/mol. The van der Waals surface area contributed by atoms with Crippen molar-refractivity contribution in [1.29, 1.82) is 0 Å². The van der Waals surface area contributed by atoms with Gasteiger partial charge < -0.3 is 48.1 Å². The molecule has 1 aromatic carbocycles. The van der Waals surface area contributed by atoms with Crippen LogP contribution < -0.4 is 0 Å². The Morgan fingerprint density at radius 3 is 2.03 bits per heavy atom. The summed E-state index contributed by atoms with van der Waals surface area (Å²) < 4.78 is 52.9. The maximum Gasteiger partial charge on any atom is 0.410 e. The molecule has 15 nitrogen and oxygen atoms in total. The molecule has 2 aliphatic carbocycles. The summed E-state index contributed by atoms with van der Waals surface area (Å²) in [7, 11) is 3.13. The lowest BCUT2D eigenvalue weighted by atomic mass is 9.73. The highest BCUT2D eigenvalue weighted by Gasteiger charge is 2.61. The Morgan fingerprint density at radius 1 is 0.795 bits per heavy atom. The maximum atomic E-state index is 15.3. The van der Waals surface area contributed by atoms with Crippen LogP contribution in [0, 0.1) is 35.5 Å². The summed E-state index contributed by atoms with van der Waals surface area (Å²) in [4.78, 5) is 49.0. The molecule has 73 heavy (non-hydrogen) atoms. The number of amides is 1. The second-order valence-electron chi connectivity index (χ2n) is 23.9. The molecule has 1 amide bonds. The highest BCUT2D eigenvalue weighted by atomic mass is 35.5. The number of cyclic esters (lactones) is 1. The van der Waals surface area contributed by atoms with Gasteiger partial charge in [0.1, 0.15) is 24.1 Å². The molecule has 5 heterocycles. The molecule has 412 valence electrons. The van der Waals surface area contributed by atoms with Gasteiger partial charge in [-0.05, 0) is 135 Å². The third kappa shape index (κ3) is 11.6. The van der Waals surface area contributed by atoms with E-state index in [0.29, 0.717) is 46.8 Å². The number of ketones is 1. The third-order valence-corrected chi connectivity index (χ3v) is 19.3. The number of esters is 1. The number of aliphatic hydroxyl groups is 2. The Labute approximate surface area is 444 Å². The number of likely N-dealkylation sites (tertiary alicyclic amines) is 1. The van der Waals surface area contributed by atoms with Gasteiger partial charge in [0.25, 0.3) is 0 Å². The molecular formula is C56H86Cl2N2O13. The van der Waals surface area contributed by atoms with Crippen LogP contribution in [0.3, 0.4) is 0 Å². The van der Waals surface area contributed by atoms with E-state index >= 15 is 9.59 Å². The summed E-state index contributed by atoms with van der Waals surface area (Å²) in [6, 6.07) is 5.05. The molecule has 0 aromatic heterocycles. The van der Waals surface area contributed by atoms with Crippen molar-refractivity contribution in [3.63, 3.8) is 0 Å². The number of aliphatic hydroxyl groups excluding tert-OH is 2. The molecule has 2 N–H and O–H groups in total. The van der Waals surface area contributed by atoms with E-state index in [1.165, 1.54) is 39.2 Å². The zero-order valence-electron chi connectivity index (χ0n) is 45.4. The molecule has 1 aromatic rings. The summed E-state index contributed by atoms with van der Waals surface area (Å²) in [6.07, 6.45) is 1.26. The van der Waals surface area contributed by atoms with E-state index in [9.17, 15) is 15.0 Å². The molecule has 0 radical (unpaired) electrons. The van der Waals surface area contributed by atoms with Gasteiger partial charge in [-0.3, -0.25) is 19.4 Å². The first-order valence-corrected chi connectivity index (χ1v) is 28.3. The zero-order valence-corrected chi connectivity index (χ0v) is 46.9. The van der Waals surface area contributed by atoms with Gasteiger partial charge in [-0.1, -0.05) is 63.4 Å². The number of nitrogens with zero attached hydrogens (tertiary/aromatic N) is 2. The number of carbonyl (C=O) groups is 3. The molecular weight excluding hydrogens is 980 g/mol. The molecule has 7 fully saturated rings. The quantitative estimate of drug-likeness (QED) is 0.179. The van der Waals surface area contributed by atoms with Crippen molar-refractivity contribution in [3.8, 4) is 0 Å². The number of fused-ring (bicyclic) bond motifs is 1. The standard InChI is InChI=1S/C56H86Cl2N2O13/c1-13-43-56(10)48(59(53(65)73-56)24-23-35-17-22-38(57)39(58)26-35)31(4)45(61)29(2)27-55(9,67-12)50(32(5)47(33(6)51(64)70-43)71-44-28-54(8,66-11)49(63)34(7)69-44)72-52-46(62)42(25-30(3)68-52)60-40(36-18-19-36)15-14-16-41(60)37-20-21-37/h17,22,26,29-34,36-37,40-44,46-50,52,62-63H,13-16,18-21,23-25,27-28H2,1-12H3. The fourth-order valence-corrected chi connectivity index (χ4v) is 14.4. The van der Waals surface area contributed by atoms with Crippen molar-refractivity contribution in [2.75, 3.05) is 20.8 Å². The first-order valence-electron chi connectivity index (χ1n) is 27.5. The van der Waals surface area contributed by atoms with E-state index < -0.39 is 108 Å². The fourth-order valence-electron chi connectivity index (χ4n) is 14.1. The lowest BCUT2D eigenvalue weighted by molar-refractivity contribution is -0.321. The van der Waals surface area contributed by atoms with Gasteiger partial charge in [-0.15, -0.1) is 0 Å². The molecule has 2 saturated carbocycles. The summed E-state index contributed by atoms with van der Waals surface area (Å²) in [5.74, 6) is -2.71. The monoisotopic (exact) mass is 1060 g/mol. The Bertz CT molecular complexity index is 2090. The van der Waals surface area contributed by atoms with Gasteiger partial charge in [0.15, 0.2) is 18.2 Å². The molecule has 5 saturated heterocycles. The molecule has 8 rings (SSSR count). The van der Waals surface area contributed by atoms with Gasteiger partial charge in [0.2, 0.25) is 0 Å². The molecule has 17 heteroatoms. The first-order chi connectivity index (χ1) is 34.5. The number of Topliss-reactive ketones (excluding diaryl/α,β-unsaturated/α-hetero) is 1. The number of benzene rings is 1. The molecule has 5 aliphatic heterocycles. The molecule has 20 atom stereocenters. The van der Waals surface area contributed by atoms with Crippen molar-refractivity contribution < 1.29 is 62.5 Å². The molecule has 20 unspecified atom stereocenters. The number of methoxy groups -OCH3 is 2. The van der Waals surface area contributed by atoms with Crippen LogP contribution >= 0.6 is 23.2 Å². The lowest BCUT2D eigenvalue weighted by Gasteiger charge is -2.53. The van der Waals surface area contributed by atoms with E-state index in [4.69, 9.17) is 61.1 Å². The van der Waals surface area contributed by atoms with E-state index in [-0.39, 0.29) is 43.7 Å². The van der Waals surface area contributed by atoms with E-state index in [2.05, 4.69) is 4.90 Å². The van der Waals surface area contributed by atoms with Crippen LogP contribution in [0.2, 0.25) is 10.0 Å². The minimum absolute atomic E-state index is 0.131. The van der Waals surface area contributed by atoms with E-state index in [0.717, 1.165) is 18.4 Å². The molecule has 0 bridgehead atoms. The van der Waals surface area contributed by atoms with Crippen LogP contribution in [-0.2, 0) is 53.9 Å².